The van der Waals surface area contributed by atoms with Crippen LogP contribution < -0.4 is 4.90 Å². The molecule has 1 aromatic rings. The van der Waals surface area contributed by atoms with Crippen molar-refractivity contribution in [2.45, 2.75) is 13.3 Å². The Hall–Kier alpha value is -1.36. The lowest BCUT2D eigenvalue weighted by molar-refractivity contribution is -0.128. The molecule has 1 aliphatic heterocycles. The van der Waals surface area contributed by atoms with Crippen LogP contribution in [0.4, 0.5) is 5.69 Å². The van der Waals surface area contributed by atoms with Crippen LogP contribution in [0.3, 0.4) is 0 Å². The van der Waals surface area contributed by atoms with Crippen LogP contribution in [0, 0.1) is 0 Å². The smallest absolute Gasteiger partial charge is 0.219 e. The lowest BCUT2D eigenvalue weighted by atomic mass is 10.1. The van der Waals surface area contributed by atoms with Crippen LogP contribution in [-0.4, -0.2) is 43.3 Å². The van der Waals surface area contributed by atoms with Gasteiger partial charge in [-0.1, -0.05) is 15.9 Å². The first kappa shape index (κ1) is 14.1. The van der Waals surface area contributed by atoms with E-state index in [9.17, 15) is 9.59 Å². The summed E-state index contributed by atoms with van der Waals surface area (Å²) >= 11 is 3.44. The minimum absolute atomic E-state index is 0.117. The van der Waals surface area contributed by atoms with Gasteiger partial charge in [-0.05, 0) is 24.6 Å². The number of rotatable bonds is 2. The average Bonchev–Trinajstić information content (AvgIpc) is 2.64. The maximum atomic E-state index is 11.4. The molecule has 102 valence electrons. The maximum Gasteiger partial charge on any atom is 0.219 e. The number of hydrogen-bond acceptors (Lipinski definition) is 3. The first-order valence-electron chi connectivity index (χ1n) is 6.37. The van der Waals surface area contributed by atoms with Crippen LogP contribution in [-0.2, 0) is 4.79 Å². The molecule has 1 aliphatic rings. The zero-order chi connectivity index (χ0) is 13.8. The third-order valence-corrected chi connectivity index (χ3v) is 3.89. The van der Waals surface area contributed by atoms with Gasteiger partial charge in [0.2, 0.25) is 5.91 Å². The SMILES string of the molecule is CC(=O)N1CCCN(c2cc(Br)ccc2C=O)CC1. The highest BCUT2D eigenvalue weighted by atomic mass is 79.9. The quantitative estimate of drug-likeness (QED) is 0.784. The molecule has 5 heteroatoms. The molecular weight excluding hydrogens is 308 g/mol. The van der Waals surface area contributed by atoms with Crippen molar-refractivity contribution in [1.82, 2.24) is 4.90 Å². The van der Waals surface area contributed by atoms with Gasteiger partial charge in [-0.2, -0.15) is 0 Å². The maximum absolute atomic E-state index is 11.4. The minimum Gasteiger partial charge on any atom is -0.369 e. The molecular formula is C14H17BrN2O2. The summed E-state index contributed by atoms with van der Waals surface area (Å²) in [6, 6.07) is 5.65. The van der Waals surface area contributed by atoms with Gasteiger partial charge >= 0.3 is 0 Å². The zero-order valence-electron chi connectivity index (χ0n) is 10.9. The van der Waals surface area contributed by atoms with E-state index < -0.39 is 0 Å². The monoisotopic (exact) mass is 324 g/mol. The van der Waals surface area contributed by atoms with E-state index in [1.165, 1.54) is 0 Å². The van der Waals surface area contributed by atoms with E-state index in [-0.39, 0.29) is 5.91 Å². The van der Waals surface area contributed by atoms with Crippen LogP contribution in [0.2, 0.25) is 0 Å². The van der Waals surface area contributed by atoms with E-state index in [2.05, 4.69) is 20.8 Å². The number of hydrogen-bond donors (Lipinski definition) is 0. The first-order valence-corrected chi connectivity index (χ1v) is 7.16. The number of nitrogens with zero attached hydrogens (tertiary/aromatic N) is 2. The fourth-order valence-corrected chi connectivity index (χ4v) is 2.71. The normalized spacial score (nSPS) is 16.1. The van der Waals surface area contributed by atoms with Crippen molar-refractivity contribution in [2.75, 3.05) is 31.1 Å². The van der Waals surface area contributed by atoms with Crippen molar-refractivity contribution in [3.8, 4) is 0 Å². The Bertz CT molecular complexity index is 490. The van der Waals surface area contributed by atoms with Gasteiger partial charge in [-0.15, -0.1) is 0 Å². The molecule has 1 heterocycles. The summed E-state index contributed by atoms with van der Waals surface area (Å²) in [7, 11) is 0. The van der Waals surface area contributed by atoms with Gasteiger partial charge < -0.3 is 9.80 Å². The van der Waals surface area contributed by atoms with E-state index in [1.807, 2.05) is 23.1 Å². The molecule has 0 spiro atoms. The Kier molecular flexibility index (Phi) is 4.58. The molecule has 0 atom stereocenters. The van der Waals surface area contributed by atoms with E-state index in [4.69, 9.17) is 0 Å². The van der Waals surface area contributed by atoms with Crippen molar-refractivity contribution in [1.29, 1.82) is 0 Å². The number of carbonyl (C=O) groups is 2. The number of aldehydes is 1. The average molecular weight is 325 g/mol. The molecule has 0 radical (unpaired) electrons. The van der Waals surface area contributed by atoms with Gasteiger partial charge in [0.1, 0.15) is 0 Å². The topological polar surface area (TPSA) is 40.6 Å². The van der Waals surface area contributed by atoms with Gasteiger partial charge in [0.05, 0.1) is 0 Å². The van der Waals surface area contributed by atoms with Crippen molar-refractivity contribution in [2.24, 2.45) is 0 Å². The summed E-state index contributed by atoms with van der Waals surface area (Å²) in [6.07, 6.45) is 1.81. The van der Waals surface area contributed by atoms with Crippen molar-refractivity contribution in [3.63, 3.8) is 0 Å². The molecule has 0 aliphatic carbocycles. The summed E-state index contributed by atoms with van der Waals surface area (Å²) in [4.78, 5) is 26.6. The van der Waals surface area contributed by atoms with Gasteiger partial charge in [0, 0.05) is 48.8 Å². The Morgan fingerprint density at radius 2 is 2.05 bits per heavy atom. The lowest BCUT2D eigenvalue weighted by Crippen LogP contribution is -2.33. The van der Waals surface area contributed by atoms with Gasteiger partial charge in [0.25, 0.3) is 0 Å². The Labute approximate surface area is 121 Å². The van der Waals surface area contributed by atoms with Crippen molar-refractivity contribution >= 4 is 33.8 Å². The molecule has 2 rings (SSSR count). The molecule has 0 unspecified atom stereocenters. The molecule has 19 heavy (non-hydrogen) atoms. The Balaban J connectivity index is 2.20. The summed E-state index contributed by atoms with van der Waals surface area (Å²) < 4.78 is 0.959. The number of carbonyl (C=O) groups excluding carboxylic acids is 2. The molecule has 0 N–H and O–H groups in total. The second-order valence-corrected chi connectivity index (χ2v) is 5.58. The summed E-state index contributed by atoms with van der Waals surface area (Å²) in [5, 5.41) is 0. The fraction of sp³-hybridized carbons (Fsp3) is 0.429. The molecule has 0 bridgehead atoms. The number of amides is 1. The van der Waals surface area contributed by atoms with Crippen LogP contribution in [0.5, 0.6) is 0 Å². The van der Waals surface area contributed by atoms with Gasteiger partial charge in [-0.3, -0.25) is 9.59 Å². The standard InChI is InChI=1S/C14H17BrN2O2/c1-11(19)16-5-2-6-17(8-7-16)14-9-13(15)4-3-12(14)10-18/h3-4,9-10H,2,5-8H2,1H3. The van der Waals surface area contributed by atoms with E-state index in [0.717, 1.165) is 42.5 Å². The predicted octanol–water partition coefficient (Wildman–Crippen LogP) is 2.32. The summed E-state index contributed by atoms with van der Waals surface area (Å²) in [5.74, 6) is 0.117. The summed E-state index contributed by atoms with van der Waals surface area (Å²) in [6.45, 7) is 4.72. The fourth-order valence-electron chi connectivity index (χ4n) is 2.36. The molecule has 0 saturated carbocycles. The molecule has 1 amide bonds. The molecule has 1 fully saturated rings. The molecule has 4 nitrogen and oxygen atoms in total. The molecule has 1 saturated heterocycles. The van der Waals surface area contributed by atoms with E-state index in [1.54, 1.807) is 6.92 Å². The van der Waals surface area contributed by atoms with Crippen LogP contribution >= 0.6 is 15.9 Å². The second-order valence-electron chi connectivity index (χ2n) is 4.67. The molecule has 1 aromatic carbocycles. The van der Waals surface area contributed by atoms with E-state index >= 15 is 0 Å². The van der Waals surface area contributed by atoms with Crippen LogP contribution in [0.1, 0.15) is 23.7 Å². The minimum atomic E-state index is 0.117. The van der Waals surface area contributed by atoms with Gasteiger partial charge in [0.15, 0.2) is 6.29 Å². The highest BCUT2D eigenvalue weighted by Gasteiger charge is 2.18. The molecule has 0 aromatic heterocycles. The third-order valence-electron chi connectivity index (χ3n) is 3.40. The van der Waals surface area contributed by atoms with Crippen molar-refractivity contribution < 1.29 is 9.59 Å². The number of anilines is 1. The first-order chi connectivity index (χ1) is 9.11. The second kappa shape index (κ2) is 6.19. The third kappa shape index (κ3) is 3.35. The number of halogens is 1. The van der Waals surface area contributed by atoms with Crippen LogP contribution in [0.15, 0.2) is 22.7 Å². The largest absolute Gasteiger partial charge is 0.369 e. The lowest BCUT2D eigenvalue weighted by Gasteiger charge is -2.24. The van der Waals surface area contributed by atoms with Gasteiger partial charge in [-0.25, -0.2) is 0 Å². The predicted molar refractivity (Wildman–Crippen MR) is 78.6 cm³/mol. The van der Waals surface area contributed by atoms with Crippen LogP contribution in [0.25, 0.3) is 0 Å². The summed E-state index contributed by atoms with van der Waals surface area (Å²) in [5.41, 5.74) is 1.63. The highest BCUT2D eigenvalue weighted by molar-refractivity contribution is 9.10. The highest BCUT2D eigenvalue weighted by Crippen LogP contribution is 2.25. The van der Waals surface area contributed by atoms with Crippen molar-refractivity contribution in [3.05, 3.63) is 28.2 Å². The zero-order valence-corrected chi connectivity index (χ0v) is 12.5. The Morgan fingerprint density at radius 1 is 1.26 bits per heavy atom. The Morgan fingerprint density at radius 3 is 2.74 bits per heavy atom. The number of benzene rings is 1. The van der Waals surface area contributed by atoms with E-state index in [0.29, 0.717) is 12.1 Å².